The van der Waals surface area contributed by atoms with Crippen molar-refractivity contribution in [1.82, 2.24) is 0 Å². The van der Waals surface area contributed by atoms with E-state index in [0.717, 1.165) is 25.7 Å². The highest BCUT2D eigenvalue weighted by molar-refractivity contribution is 5.98. The van der Waals surface area contributed by atoms with Crippen molar-refractivity contribution in [3.05, 3.63) is 23.8 Å². The Balaban J connectivity index is 2.71. The van der Waals surface area contributed by atoms with Crippen LogP contribution < -0.4 is 4.74 Å². The molecule has 0 heterocycles. The first-order valence-corrected chi connectivity index (χ1v) is 6.68. The molecule has 0 saturated heterocycles. The van der Waals surface area contributed by atoms with Gasteiger partial charge in [0.05, 0.1) is 12.2 Å². The van der Waals surface area contributed by atoms with E-state index >= 15 is 0 Å². The summed E-state index contributed by atoms with van der Waals surface area (Å²) < 4.78 is 5.53. The molecular weight excluding hydrogens is 228 g/mol. The molecule has 0 bridgehead atoms. The molecule has 1 rings (SSSR count). The second kappa shape index (κ2) is 7.75. The smallest absolute Gasteiger partial charge is 0.166 e. The number of carbonyl (C=O) groups is 1. The van der Waals surface area contributed by atoms with Crippen LogP contribution in [0.5, 0.6) is 11.5 Å². The fraction of sp³-hybridized carbons (Fsp3) is 0.533. The monoisotopic (exact) mass is 250 g/mol. The third-order valence-corrected chi connectivity index (χ3v) is 2.79. The SMILES string of the molecule is CCCCOc1ccc(O)c(C(=O)CCCC)c1. The van der Waals surface area contributed by atoms with Crippen LogP contribution in [0.4, 0.5) is 0 Å². The van der Waals surface area contributed by atoms with Gasteiger partial charge in [-0.3, -0.25) is 4.79 Å². The summed E-state index contributed by atoms with van der Waals surface area (Å²) in [6.07, 6.45) is 4.35. The molecule has 0 saturated carbocycles. The zero-order chi connectivity index (χ0) is 13.4. The van der Waals surface area contributed by atoms with Crippen LogP contribution in [0.25, 0.3) is 0 Å². The minimum Gasteiger partial charge on any atom is -0.507 e. The highest BCUT2D eigenvalue weighted by Crippen LogP contribution is 2.25. The van der Waals surface area contributed by atoms with Gasteiger partial charge < -0.3 is 9.84 Å². The summed E-state index contributed by atoms with van der Waals surface area (Å²) in [5, 5.41) is 9.70. The van der Waals surface area contributed by atoms with E-state index in [1.807, 2.05) is 6.92 Å². The minimum atomic E-state index is -0.0182. The molecule has 18 heavy (non-hydrogen) atoms. The Kier molecular flexibility index (Phi) is 6.26. The molecule has 0 radical (unpaired) electrons. The first-order chi connectivity index (χ1) is 8.69. The number of unbranched alkanes of at least 4 members (excludes halogenated alkanes) is 2. The van der Waals surface area contributed by atoms with E-state index in [9.17, 15) is 9.90 Å². The Morgan fingerprint density at radius 2 is 1.94 bits per heavy atom. The molecular formula is C15H22O3. The van der Waals surface area contributed by atoms with E-state index in [4.69, 9.17) is 4.74 Å². The molecule has 1 aromatic rings. The van der Waals surface area contributed by atoms with Crippen molar-refractivity contribution in [2.45, 2.75) is 46.0 Å². The summed E-state index contributed by atoms with van der Waals surface area (Å²) in [4.78, 5) is 11.9. The molecule has 0 aliphatic rings. The first kappa shape index (κ1) is 14.6. The summed E-state index contributed by atoms with van der Waals surface area (Å²) >= 11 is 0. The van der Waals surface area contributed by atoms with Crippen molar-refractivity contribution in [3.8, 4) is 11.5 Å². The van der Waals surface area contributed by atoms with Gasteiger partial charge in [-0.2, -0.15) is 0 Å². The molecule has 0 aromatic heterocycles. The Morgan fingerprint density at radius 3 is 2.61 bits per heavy atom. The number of Topliss-reactive ketones (excluding diaryl/α,β-unsaturated/α-hetero) is 1. The van der Waals surface area contributed by atoms with Crippen LogP contribution in [0, 0.1) is 0 Å². The van der Waals surface area contributed by atoms with E-state index in [0.29, 0.717) is 24.3 Å². The third kappa shape index (κ3) is 4.40. The number of ketones is 1. The van der Waals surface area contributed by atoms with E-state index < -0.39 is 0 Å². The third-order valence-electron chi connectivity index (χ3n) is 2.79. The topological polar surface area (TPSA) is 46.5 Å². The highest BCUT2D eigenvalue weighted by Gasteiger charge is 2.11. The Hall–Kier alpha value is -1.51. The second-order valence-electron chi connectivity index (χ2n) is 4.41. The molecule has 0 spiro atoms. The lowest BCUT2D eigenvalue weighted by atomic mass is 10.0. The zero-order valence-electron chi connectivity index (χ0n) is 11.2. The van der Waals surface area contributed by atoms with Gasteiger partial charge in [0, 0.05) is 6.42 Å². The number of phenols is 1. The van der Waals surface area contributed by atoms with Crippen LogP contribution in [0.2, 0.25) is 0 Å². The van der Waals surface area contributed by atoms with Gasteiger partial charge in [-0.15, -0.1) is 0 Å². The normalized spacial score (nSPS) is 10.3. The Labute approximate surface area is 109 Å². The molecule has 0 unspecified atom stereocenters. The Morgan fingerprint density at radius 1 is 1.22 bits per heavy atom. The molecule has 0 aliphatic heterocycles. The number of benzene rings is 1. The van der Waals surface area contributed by atoms with Gasteiger partial charge in [0.2, 0.25) is 0 Å². The van der Waals surface area contributed by atoms with Crippen molar-refractivity contribution in [2.24, 2.45) is 0 Å². The fourth-order valence-electron chi connectivity index (χ4n) is 1.63. The van der Waals surface area contributed by atoms with Gasteiger partial charge in [-0.05, 0) is 31.0 Å². The fourth-order valence-corrected chi connectivity index (χ4v) is 1.63. The summed E-state index contributed by atoms with van der Waals surface area (Å²) in [6.45, 7) is 4.78. The lowest BCUT2D eigenvalue weighted by Crippen LogP contribution is -2.02. The average Bonchev–Trinajstić information content (AvgIpc) is 2.38. The van der Waals surface area contributed by atoms with Crippen LogP contribution >= 0.6 is 0 Å². The van der Waals surface area contributed by atoms with Crippen LogP contribution in [0.15, 0.2) is 18.2 Å². The molecule has 3 heteroatoms. The van der Waals surface area contributed by atoms with Crippen LogP contribution in [0.3, 0.4) is 0 Å². The van der Waals surface area contributed by atoms with E-state index in [2.05, 4.69) is 6.92 Å². The zero-order valence-corrected chi connectivity index (χ0v) is 11.2. The van der Waals surface area contributed by atoms with Gasteiger partial charge >= 0.3 is 0 Å². The molecule has 3 nitrogen and oxygen atoms in total. The molecule has 100 valence electrons. The summed E-state index contributed by atoms with van der Waals surface area (Å²) in [5.41, 5.74) is 0.373. The lowest BCUT2D eigenvalue weighted by Gasteiger charge is -2.08. The molecule has 0 atom stereocenters. The number of phenolic OH excluding ortho intramolecular Hbond substituents is 1. The number of hydrogen-bond acceptors (Lipinski definition) is 3. The van der Waals surface area contributed by atoms with E-state index in [1.54, 1.807) is 12.1 Å². The molecule has 0 aliphatic carbocycles. The predicted octanol–water partition coefficient (Wildman–Crippen LogP) is 3.94. The second-order valence-corrected chi connectivity index (χ2v) is 4.41. The van der Waals surface area contributed by atoms with Gasteiger partial charge in [0.15, 0.2) is 5.78 Å². The predicted molar refractivity (Wildman–Crippen MR) is 72.4 cm³/mol. The number of aromatic hydroxyl groups is 1. The summed E-state index contributed by atoms with van der Waals surface area (Å²) in [5.74, 6) is 0.676. The maximum Gasteiger partial charge on any atom is 0.166 e. The lowest BCUT2D eigenvalue weighted by molar-refractivity contribution is 0.0976. The van der Waals surface area contributed by atoms with Crippen LogP contribution in [0.1, 0.15) is 56.3 Å². The summed E-state index contributed by atoms with van der Waals surface area (Å²) in [7, 11) is 0. The van der Waals surface area contributed by atoms with Crippen molar-refractivity contribution < 1.29 is 14.6 Å². The van der Waals surface area contributed by atoms with Gasteiger partial charge in [0.1, 0.15) is 11.5 Å². The van der Waals surface area contributed by atoms with Gasteiger partial charge in [0.25, 0.3) is 0 Å². The molecule has 1 aromatic carbocycles. The van der Waals surface area contributed by atoms with Crippen molar-refractivity contribution in [1.29, 1.82) is 0 Å². The number of ether oxygens (including phenoxy) is 1. The average molecular weight is 250 g/mol. The summed E-state index contributed by atoms with van der Waals surface area (Å²) in [6, 6.07) is 4.87. The number of rotatable bonds is 8. The Bertz CT molecular complexity index is 385. The molecule has 0 amide bonds. The quantitative estimate of drug-likeness (QED) is 0.561. The van der Waals surface area contributed by atoms with E-state index in [1.165, 1.54) is 6.07 Å². The first-order valence-electron chi connectivity index (χ1n) is 6.68. The van der Waals surface area contributed by atoms with E-state index in [-0.39, 0.29) is 11.5 Å². The van der Waals surface area contributed by atoms with Crippen molar-refractivity contribution in [2.75, 3.05) is 6.61 Å². The van der Waals surface area contributed by atoms with Gasteiger partial charge in [-0.25, -0.2) is 0 Å². The largest absolute Gasteiger partial charge is 0.507 e. The standard InChI is InChI=1S/C15H22O3/c1-3-5-7-14(16)13-11-12(8-9-15(13)17)18-10-6-4-2/h8-9,11,17H,3-7,10H2,1-2H3. The van der Waals surface area contributed by atoms with Crippen LogP contribution in [-0.4, -0.2) is 17.5 Å². The maximum absolute atomic E-state index is 11.9. The maximum atomic E-state index is 11.9. The highest BCUT2D eigenvalue weighted by atomic mass is 16.5. The van der Waals surface area contributed by atoms with Crippen molar-refractivity contribution >= 4 is 5.78 Å². The molecule has 1 N–H and O–H groups in total. The van der Waals surface area contributed by atoms with Gasteiger partial charge in [-0.1, -0.05) is 26.7 Å². The minimum absolute atomic E-state index is 0.0182. The van der Waals surface area contributed by atoms with Crippen LogP contribution in [-0.2, 0) is 0 Å². The number of hydrogen-bond donors (Lipinski definition) is 1. The van der Waals surface area contributed by atoms with Crippen molar-refractivity contribution in [3.63, 3.8) is 0 Å². The molecule has 0 fully saturated rings. The number of carbonyl (C=O) groups excluding carboxylic acids is 1.